The fourth-order valence-electron chi connectivity index (χ4n) is 2.48. The molecule has 7 nitrogen and oxygen atoms in total. The fourth-order valence-corrected chi connectivity index (χ4v) is 2.48. The molecule has 0 amide bonds. The summed E-state index contributed by atoms with van der Waals surface area (Å²) in [5.74, 6) is 0. The Labute approximate surface area is 223 Å². The van der Waals surface area contributed by atoms with E-state index in [0.717, 1.165) is 22.8 Å². The van der Waals surface area contributed by atoms with Crippen LogP contribution in [0.5, 0.6) is 0 Å². The fraction of sp³-hybridized carbons (Fsp3) is 0.167. The predicted molar refractivity (Wildman–Crippen MR) is 125 cm³/mol. The van der Waals surface area contributed by atoms with E-state index in [1.165, 1.54) is 22.3 Å². The van der Waals surface area contributed by atoms with Gasteiger partial charge in [0.15, 0.2) is 0 Å². The van der Waals surface area contributed by atoms with Crippen LogP contribution in [0.1, 0.15) is 22.3 Å². The number of pyridine rings is 4. The molecule has 0 atom stereocenters. The van der Waals surface area contributed by atoms with Gasteiger partial charge in [-0.15, -0.1) is 0 Å². The van der Waals surface area contributed by atoms with Crippen molar-refractivity contribution < 1.29 is 58.3 Å². The van der Waals surface area contributed by atoms with Gasteiger partial charge in [-0.3, -0.25) is 19.9 Å². The van der Waals surface area contributed by atoms with Gasteiger partial charge in [-0.2, -0.15) is 0 Å². The van der Waals surface area contributed by atoms with Crippen molar-refractivity contribution in [3.8, 4) is 22.8 Å². The molecule has 4 aromatic rings. The second kappa shape index (κ2) is 18.9. The van der Waals surface area contributed by atoms with Crippen molar-refractivity contribution in [2.75, 3.05) is 0 Å². The molecule has 4 heterocycles. The van der Waals surface area contributed by atoms with Crippen LogP contribution >= 0.6 is 0 Å². The summed E-state index contributed by atoms with van der Waals surface area (Å²) in [6, 6.07) is 16.2. The van der Waals surface area contributed by atoms with Crippen molar-refractivity contribution in [1.29, 1.82) is 0 Å². The summed E-state index contributed by atoms with van der Waals surface area (Å²) in [6.07, 6.45) is 7.43. The normalized spacial score (nSPS) is 8.35. The van der Waals surface area contributed by atoms with Gasteiger partial charge in [0.05, 0.1) is 22.8 Å². The van der Waals surface area contributed by atoms with E-state index in [4.69, 9.17) is 0 Å². The van der Waals surface area contributed by atoms with Crippen molar-refractivity contribution in [1.82, 2.24) is 19.9 Å². The van der Waals surface area contributed by atoms with Crippen molar-refractivity contribution in [3.05, 3.63) is 95.6 Å². The minimum Gasteiger partial charge on any atom is -1.00 e. The maximum absolute atomic E-state index is 4.32. The van der Waals surface area contributed by atoms with Gasteiger partial charge < -0.3 is 41.2 Å². The van der Waals surface area contributed by atoms with Gasteiger partial charge in [0.1, 0.15) is 0 Å². The zero-order valence-corrected chi connectivity index (χ0v) is 22.0. The van der Waals surface area contributed by atoms with Crippen LogP contribution in [-0.4, -0.2) is 36.4 Å². The first-order valence-electron chi connectivity index (χ1n) is 9.22. The van der Waals surface area contributed by atoms with E-state index < -0.39 is 0 Å². The largest absolute Gasteiger partial charge is 2.00 e. The van der Waals surface area contributed by atoms with Gasteiger partial charge in [0, 0.05) is 24.8 Å². The Bertz CT molecular complexity index is 862. The third kappa shape index (κ3) is 11.6. The second-order valence-electron chi connectivity index (χ2n) is 6.88. The molecule has 34 heavy (non-hydrogen) atoms. The van der Waals surface area contributed by atoms with Crippen molar-refractivity contribution in [2.45, 2.75) is 27.7 Å². The molecule has 10 heteroatoms. The molecule has 6 N–H and O–H groups in total. The summed E-state index contributed by atoms with van der Waals surface area (Å²) in [4.78, 5) is 17.3. The summed E-state index contributed by atoms with van der Waals surface area (Å²) in [7, 11) is 0. The maximum Gasteiger partial charge on any atom is 2.00 e. The molecule has 0 saturated carbocycles. The van der Waals surface area contributed by atoms with Crippen molar-refractivity contribution in [2.24, 2.45) is 0 Å². The summed E-state index contributed by atoms with van der Waals surface area (Å²) in [5, 5.41) is 0. The third-order valence-corrected chi connectivity index (χ3v) is 4.17. The van der Waals surface area contributed by atoms with Crippen molar-refractivity contribution >= 4 is 0 Å². The molecular weight excluding hydrogens is 518 g/mol. The molecule has 0 aliphatic heterocycles. The van der Waals surface area contributed by atoms with Gasteiger partial charge in [-0.1, -0.05) is 24.3 Å². The number of halogens is 2. The average Bonchev–Trinajstić information content (AvgIpc) is 2.71. The van der Waals surface area contributed by atoms with Crippen LogP contribution in [0.25, 0.3) is 22.8 Å². The number of aryl methyl sites for hydroxylation is 4. The average molecular weight is 548 g/mol. The molecule has 0 spiro atoms. The van der Waals surface area contributed by atoms with Gasteiger partial charge in [-0.25, -0.2) is 0 Å². The van der Waals surface area contributed by atoms with Crippen LogP contribution < -0.4 is 24.8 Å². The van der Waals surface area contributed by atoms with E-state index in [9.17, 15) is 0 Å². The summed E-state index contributed by atoms with van der Waals surface area (Å²) in [5.41, 5.74) is 8.38. The van der Waals surface area contributed by atoms with E-state index in [1.807, 2.05) is 101 Å². The Morgan fingerprint density at radius 2 is 0.559 bits per heavy atom. The van der Waals surface area contributed by atoms with Crippen LogP contribution in [0.3, 0.4) is 0 Å². The van der Waals surface area contributed by atoms with Crippen LogP contribution in [0.15, 0.2) is 73.3 Å². The SMILES string of the molecule is Cc1ccc(-c2ccc(C)cn2)nc1.Cc1ccc(-c2ccc(C)cn2)nc1.O.O.O.[Cl-].[Cl-].[Mn+2]. The van der Waals surface area contributed by atoms with E-state index in [0.29, 0.717) is 0 Å². The summed E-state index contributed by atoms with van der Waals surface area (Å²) in [6.45, 7) is 8.11. The first-order valence-corrected chi connectivity index (χ1v) is 9.22. The molecule has 0 saturated heterocycles. The van der Waals surface area contributed by atoms with E-state index in [1.54, 1.807) is 0 Å². The third-order valence-electron chi connectivity index (χ3n) is 4.17. The molecule has 0 fully saturated rings. The van der Waals surface area contributed by atoms with E-state index in [2.05, 4.69) is 19.9 Å². The molecule has 0 aliphatic rings. The van der Waals surface area contributed by atoms with Gasteiger partial charge in [0.2, 0.25) is 0 Å². The van der Waals surface area contributed by atoms with Crippen LogP contribution in [0, 0.1) is 27.7 Å². The maximum atomic E-state index is 4.32. The monoisotopic (exact) mass is 547 g/mol. The molecule has 185 valence electrons. The molecule has 4 aromatic heterocycles. The molecule has 1 radical (unpaired) electrons. The minimum absolute atomic E-state index is 0. The number of hydrogen-bond acceptors (Lipinski definition) is 4. The Hall–Kier alpha value is -2.42. The standard InChI is InChI=1S/2C12H12N2.2ClH.Mn.3H2O/c2*1-9-3-5-11(13-7-9)12-6-4-10(2)8-14-12;;;;;;/h2*3-8H,1-2H3;2*1H;;3*1H2/q;;;;+2;;;/p-2. The Balaban J connectivity index is -0.000000225. The first-order chi connectivity index (χ1) is 13.5. The van der Waals surface area contributed by atoms with Crippen LogP contribution in [0.4, 0.5) is 0 Å². The van der Waals surface area contributed by atoms with E-state index >= 15 is 0 Å². The minimum atomic E-state index is 0. The Morgan fingerprint density at radius 3 is 0.676 bits per heavy atom. The second-order valence-corrected chi connectivity index (χ2v) is 6.88. The van der Waals surface area contributed by atoms with Gasteiger partial charge in [-0.05, 0) is 74.2 Å². The van der Waals surface area contributed by atoms with Gasteiger partial charge >= 0.3 is 17.1 Å². The quantitative estimate of drug-likeness (QED) is 0.247. The number of hydrogen-bond donors (Lipinski definition) is 0. The Kier molecular flexibility index (Phi) is 21.6. The molecule has 0 aliphatic carbocycles. The van der Waals surface area contributed by atoms with Crippen LogP contribution in [-0.2, 0) is 17.1 Å². The summed E-state index contributed by atoms with van der Waals surface area (Å²) < 4.78 is 0. The van der Waals surface area contributed by atoms with E-state index in [-0.39, 0.29) is 58.3 Å². The zero-order valence-electron chi connectivity index (χ0n) is 19.4. The number of aromatic nitrogens is 4. The van der Waals surface area contributed by atoms with Crippen LogP contribution in [0.2, 0.25) is 0 Å². The smallest absolute Gasteiger partial charge is 1.00 e. The zero-order chi connectivity index (χ0) is 19.9. The molecule has 0 aromatic carbocycles. The topological polar surface area (TPSA) is 146 Å². The van der Waals surface area contributed by atoms with Crippen molar-refractivity contribution in [3.63, 3.8) is 0 Å². The number of nitrogens with zero attached hydrogens (tertiary/aromatic N) is 4. The molecule has 0 bridgehead atoms. The Morgan fingerprint density at radius 1 is 0.382 bits per heavy atom. The molecule has 4 rings (SSSR count). The first kappa shape index (κ1) is 38.8. The molecule has 0 unspecified atom stereocenters. The molecular formula is C24H30Cl2MnN4O3. The summed E-state index contributed by atoms with van der Waals surface area (Å²) >= 11 is 0. The predicted octanol–water partition coefficient (Wildman–Crippen LogP) is -2.95. The number of rotatable bonds is 2. The van der Waals surface area contributed by atoms with Gasteiger partial charge in [0.25, 0.3) is 0 Å².